The maximum absolute atomic E-state index is 12.8. The molecule has 0 radical (unpaired) electrons. The van der Waals surface area contributed by atoms with Gasteiger partial charge in [0.05, 0.1) is 13.2 Å². The first-order valence-corrected chi connectivity index (χ1v) is 11.0. The van der Waals surface area contributed by atoms with Gasteiger partial charge in [0.25, 0.3) is 5.91 Å². The highest BCUT2D eigenvalue weighted by molar-refractivity contribution is 5.81. The van der Waals surface area contributed by atoms with Crippen LogP contribution in [0.25, 0.3) is 0 Å². The van der Waals surface area contributed by atoms with Crippen LogP contribution in [0, 0.1) is 5.92 Å². The molecule has 0 bridgehead atoms. The third-order valence-corrected chi connectivity index (χ3v) is 5.88. The van der Waals surface area contributed by atoms with Crippen molar-refractivity contribution in [3.8, 4) is 11.5 Å². The molecule has 0 saturated carbocycles. The van der Waals surface area contributed by atoms with Gasteiger partial charge >= 0.3 is 0 Å². The van der Waals surface area contributed by atoms with Crippen LogP contribution in [0.1, 0.15) is 51.6 Å². The summed E-state index contributed by atoms with van der Waals surface area (Å²) in [5.41, 5.74) is 2.35. The Hall–Kier alpha value is -2.69. The molecule has 1 amide bonds. The third-order valence-electron chi connectivity index (χ3n) is 5.88. The van der Waals surface area contributed by atoms with Crippen LogP contribution in [-0.4, -0.2) is 32.2 Å². The third kappa shape index (κ3) is 5.68. The van der Waals surface area contributed by atoms with E-state index in [0.717, 1.165) is 24.6 Å². The second-order valence-corrected chi connectivity index (χ2v) is 8.19. The molecule has 1 N–H and O–H groups in total. The van der Waals surface area contributed by atoms with Crippen molar-refractivity contribution in [3.63, 3.8) is 0 Å². The zero-order chi connectivity index (χ0) is 21.5. The van der Waals surface area contributed by atoms with Gasteiger partial charge in [-0.15, -0.1) is 0 Å². The summed E-state index contributed by atoms with van der Waals surface area (Å²) in [7, 11) is 1.61. The monoisotopic (exact) mass is 410 g/mol. The molecule has 5 heteroatoms. The lowest BCUT2D eigenvalue weighted by molar-refractivity contribution is -0.128. The molecule has 1 aliphatic rings. The minimum atomic E-state index is -0.547. The van der Waals surface area contributed by atoms with Gasteiger partial charge in [-0.25, -0.2) is 0 Å². The van der Waals surface area contributed by atoms with Crippen LogP contribution in [0.15, 0.2) is 48.5 Å². The number of rotatable bonds is 8. The summed E-state index contributed by atoms with van der Waals surface area (Å²) in [5.74, 6) is 2.05. The van der Waals surface area contributed by atoms with Crippen molar-refractivity contribution >= 4 is 11.6 Å². The molecule has 5 nitrogen and oxygen atoms in total. The van der Waals surface area contributed by atoms with E-state index in [0.29, 0.717) is 17.9 Å². The van der Waals surface area contributed by atoms with Crippen molar-refractivity contribution in [1.29, 1.82) is 0 Å². The lowest BCUT2D eigenvalue weighted by Gasteiger charge is -2.32. The molecule has 3 rings (SSSR count). The van der Waals surface area contributed by atoms with Crippen LogP contribution in [0.2, 0.25) is 0 Å². The maximum Gasteiger partial charge on any atom is 0.261 e. The minimum absolute atomic E-state index is 0.0871. The minimum Gasteiger partial charge on any atom is -0.497 e. The first-order chi connectivity index (χ1) is 14.5. The number of piperidine rings is 1. The van der Waals surface area contributed by atoms with E-state index in [1.807, 2.05) is 32.0 Å². The largest absolute Gasteiger partial charge is 0.497 e. The van der Waals surface area contributed by atoms with E-state index in [-0.39, 0.29) is 11.9 Å². The van der Waals surface area contributed by atoms with Crippen molar-refractivity contribution in [2.45, 2.75) is 52.2 Å². The molecular weight excluding hydrogens is 376 g/mol. The summed E-state index contributed by atoms with van der Waals surface area (Å²) in [4.78, 5) is 15.2. The van der Waals surface area contributed by atoms with Crippen LogP contribution < -0.4 is 19.7 Å². The number of hydrogen-bond acceptors (Lipinski definition) is 4. The average Bonchev–Trinajstić information content (AvgIpc) is 2.78. The zero-order valence-corrected chi connectivity index (χ0v) is 18.6. The fourth-order valence-electron chi connectivity index (χ4n) is 3.79. The summed E-state index contributed by atoms with van der Waals surface area (Å²) in [5, 5.41) is 3.09. The van der Waals surface area contributed by atoms with Crippen LogP contribution in [-0.2, 0) is 4.79 Å². The molecule has 0 aliphatic carbocycles. The van der Waals surface area contributed by atoms with Gasteiger partial charge in [0, 0.05) is 24.8 Å². The van der Waals surface area contributed by atoms with E-state index in [1.165, 1.54) is 18.5 Å². The van der Waals surface area contributed by atoms with Gasteiger partial charge in [-0.3, -0.25) is 4.79 Å². The van der Waals surface area contributed by atoms with Crippen LogP contribution in [0.4, 0.5) is 5.69 Å². The first-order valence-electron chi connectivity index (χ1n) is 11.0. The number of carbonyl (C=O) groups excluding carboxylic acids is 1. The Balaban J connectivity index is 1.58. The number of carbonyl (C=O) groups is 1. The Morgan fingerprint density at radius 3 is 2.43 bits per heavy atom. The van der Waals surface area contributed by atoms with Gasteiger partial charge in [-0.05, 0) is 61.9 Å². The average molecular weight is 411 g/mol. The van der Waals surface area contributed by atoms with E-state index in [4.69, 9.17) is 9.47 Å². The molecular formula is C25H34N2O3. The molecule has 1 heterocycles. The number of methoxy groups -OCH3 is 1. The van der Waals surface area contributed by atoms with Crippen LogP contribution in [0.5, 0.6) is 11.5 Å². The van der Waals surface area contributed by atoms with Gasteiger partial charge < -0.3 is 19.7 Å². The standard InChI is InChI=1S/C25H34N2O3/c1-5-24(30-23-8-6-7-22(17-23)29-4)25(28)26-19(3)20-9-11-21(12-10-20)27-15-13-18(2)14-16-27/h6-12,17-19,24H,5,13-16H2,1-4H3,(H,26,28)/t19-,24+/m0/s1. The maximum atomic E-state index is 12.8. The van der Waals surface area contributed by atoms with E-state index in [2.05, 4.69) is 41.4 Å². The molecule has 2 aromatic rings. The summed E-state index contributed by atoms with van der Waals surface area (Å²) in [6.07, 6.45) is 2.54. The Morgan fingerprint density at radius 2 is 1.80 bits per heavy atom. The smallest absolute Gasteiger partial charge is 0.261 e. The fraction of sp³-hybridized carbons (Fsp3) is 0.480. The second kappa shape index (κ2) is 10.4. The quantitative estimate of drug-likeness (QED) is 0.668. The van der Waals surface area contributed by atoms with Crippen molar-refractivity contribution in [2.24, 2.45) is 5.92 Å². The first kappa shape index (κ1) is 22.0. The van der Waals surface area contributed by atoms with Crippen molar-refractivity contribution in [1.82, 2.24) is 5.32 Å². The van der Waals surface area contributed by atoms with Crippen LogP contribution in [0.3, 0.4) is 0 Å². The van der Waals surface area contributed by atoms with Crippen molar-refractivity contribution in [2.75, 3.05) is 25.1 Å². The predicted octanol–water partition coefficient (Wildman–Crippen LogP) is 4.97. The summed E-state index contributed by atoms with van der Waals surface area (Å²) >= 11 is 0. The predicted molar refractivity (Wildman–Crippen MR) is 121 cm³/mol. The zero-order valence-electron chi connectivity index (χ0n) is 18.6. The van der Waals surface area contributed by atoms with Gasteiger partial charge in [-0.2, -0.15) is 0 Å². The topological polar surface area (TPSA) is 50.8 Å². The van der Waals surface area contributed by atoms with Crippen molar-refractivity contribution < 1.29 is 14.3 Å². The van der Waals surface area contributed by atoms with Gasteiger partial charge in [0.1, 0.15) is 11.5 Å². The van der Waals surface area contributed by atoms with E-state index < -0.39 is 6.10 Å². The van der Waals surface area contributed by atoms with Gasteiger partial charge in [-0.1, -0.05) is 32.0 Å². The Labute approximate surface area is 180 Å². The highest BCUT2D eigenvalue weighted by atomic mass is 16.5. The van der Waals surface area contributed by atoms with Gasteiger partial charge in [0.15, 0.2) is 6.10 Å². The van der Waals surface area contributed by atoms with Crippen LogP contribution >= 0.6 is 0 Å². The molecule has 2 atom stereocenters. The molecule has 0 unspecified atom stereocenters. The molecule has 162 valence electrons. The summed E-state index contributed by atoms with van der Waals surface area (Å²) < 4.78 is 11.1. The Bertz CT molecular complexity index is 813. The Kier molecular flexibility index (Phi) is 7.61. The van der Waals surface area contributed by atoms with E-state index in [1.54, 1.807) is 13.2 Å². The molecule has 2 aromatic carbocycles. The number of nitrogens with one attached hydrogen (secondary N) is 1. The highest BCUT2D eigenvalue weighted by Gasteiger charge is 2.21. The number of ether oxygens (including phenoxy) is 2. The molecule has 1 fully saturated rings. The molecule has 0 spiro atoms. The number of nitrogens with zero attached hydrogens (tertiary/aromatic N) is 1. The lowest BCUT2D eigenvalue weighted by atomic mass is 9.98. The molecule has 1 aliphatic heterocycles. The summed E-state index contributed by atoms with van der Waals surface area (Å²) in [6.45, 7) is 8.52. The highest BCUT2D eigenvalue weighted by Crippen LogP contribution is 2.25. The number of anilines is 1. The van der Waals surface area contributed by atoms with Gasteiger partial charge in [0.2, 0.25) is 0 Å². The number of amides is 1. The molecule has 0 aromatic heterocycles. The van der Waals surface area contributed by atoms with E-state index >= 15 is 0 Å². The second-order valence-electron chi connectivity index (χ2n) is 8.19. The summed E-state index contributed by atoms with van der Waals surface area (Å²) in [6, 6.07) is 15.8. The fourth-order valence-corrected chi connectivity index (χ4v) is 3.79. The SMILES string of the molecule is CC[C@@H](Oc1cccc(OC)c1)C(=O)N[C@@H](C)c1ccc(N2CCC(C)CC2)cc1. The Morgan fingerprint density at radius 1 is 1.13 bits per heavy atom. The molecule has 1 saturated heterocycles. The normalized spacial score (nSPS) is 16.6. The molecule has 30 heavy (non-hydrogen) atoms. The lowest BCUT2D eigenvalue weighted by Crippen LogP contribution is -2.39. The number of benzene rings is 2. The van der Waals surface area contributed by atoms with Crippen molar-refractivity contribution in [3.05, 3.63) is 54.1 Å². The van der Waals surface area contributed by atoms with E-state index in [9.17, 15) is 4.79 Å². The number of hydrogen-bond donors (Lipinski definition) is 1.